The minimum absolute atomic E-state index is 0. The molecule has 0 atom stereocenters. The predicted molar refractivity (Wildman–Crippen MR) is 94.7 cm³/mol. The lowest BCUT2D eigenvalue weighted by Gasteiger charge is -2.16. The number of benzene rings is 1. The minimum atomic E-state index is 0. The largest absolute Gasteiger partial charge is 0.494 e. The lowest BCUT2D eigenvalue weighted by Crippen LogP contribution is -2.41. The number of nitrogens with one attached hydrogen (secondary N) is 2. The topological polar surface area (TPSA) is 45.6 Å². The van der Waals surface area contributed by atoms with Gasteiger partial charge in [-0.05, 0) is 43.5 Å². The zero-order valence-electron chi connectivity index (χ0n) is 11.6. The molecule has 0 saturated heterocycles. The van der Waals surface area contributed by atoms with Gasteiger partial charge in [0.15, 0.2) is 5.96 Å². The Morgan fingerprint density at radius 1 is 1.45 bits per heavy atom. The summed E-state index contributed by atoms with van der Waals surface area (Å²) in [5.41, 5.74) is 1.12. The minimum Gasteiger partial charge on any atom is -0.494 e. The Morgan fingerprint density at radius 3 is 3.00 bits per heavy atom. The van der Waals surface area contributed by atoms with Crippen molar-refractivity contribution in [2.24, 2.45) is 4.99 Å². The first kappa shape index (κ1) is 17.4. The van der Waals surface area contributed by atoms with E-state index < -0.39 is 0 Å². The fourth-order valence-electron chi connectivity index (χ4n) is 2.01. The molecule has 2 N–H and O–H groups in total. The summed E-state index contributed by atoms with van der Waals surface area (Å²) in [6.07, 6.45) is 1.96. The third kappa shape index (κ3) is 5.36. The monoisotopic (exact) mass is 409 g/mol. The Morgan fingerprint density at radius 2 is 2.30 bits per heavy atom. The summed E-state index contributed by atoms with van der Waals surface area (Å²) in [5.74, 6) is 1.80. The normalized spacial score (nSPS) is 13.8. The molecule has 0 fully saturated rings. The van der Waals surface area contributed by atoms with Crippen LogP contribution >= 0.6 is 35.6 Å². The maximum atomic E-state index is 6.03. The van der Waals surface area contributed by atoms with Crippen LogP contribution < -0.4 is 15.4 Å². The molecule has 20 heavy (non-hydrogen) atoms. The first-order chi connectivity index (χ1) is 9.29. The first-order valence-corrected chi connectivity index (χ1v) is 7.11. The van der Waals surface area contributed by atoms with E-state index in [1.807, 2.05) is 25.1 Å². The predicted octanol–water partition coefficient (Wildman–Crippen LogP) is 2.84. The Hall–Kier alpha value is -0.690. The Kier molecular flexibility index (Phi) is 8.06. The van der Waals surface area contributed by atoms with Gasteiger partial charge < -0.3 is 15.4 Å². The van der Waals surface area contributed by atoms with Crippen LogP contribution in [-0.2, 0) is 6.42 Å². The molecule has 0 saturated carbocycles. The molecule has 1 aromatic rings. The van der Waals surface area contributed by atoms with E-state index in [0.29, 0.717) is 6.61 Å². The van der Waals surface area contributed by atoms with Crippen LogP contribution in [0.3, 0.4) is 0 Å². The van der Waals surface area contributed by atoms with Crippen LogP contribution in [-0.4, -0.2) is 32.2 Å². The number of halogens is 2. The van der Waals surface area contributed by atoms with E-state index in [9.17, 15) is 0 Å². The van der Waals surface area contributed by atoms with Crippen molar-refractivity contribution in [1.82, 2.24) is 10.6 Å². The quantitative estimate of drug-likeness (QED) is 0.735. The summed E-state index contributed by atoms with van der Waals surface area (Å²) in [7, 11) is 0. The highest BCUT2D eigenvalue weighted by Crippen LogP contribution is 2.23. The van der Waals surface area contributed by atoms with E-state index in [4.69, 9.17) is 16.3 Å². The molecule has 1 heterocycles. The summed E-state index contributed by atoms with van der Waals surface area (Å²) in [6, 6.07) is 5.75. The summed E-state index contributed by atoms with van der Waals surface area (Å²) in [4.78, 5) is 4.37. The van der Waals surface area contributed by atoms with Crippen molar-refractivity contribution in [2.45, 2.75) is 19.8 Å². The lowest BCUT2D eigenvalue weighted by molar-refractivity contribution is 0.336. The number of hydrogen-bond acceptors (Lipinski definition) is 4. The molecule has 0 bridgehead atoms. The number of ether oxygens (including phenoxy) is 1. The molecule has 112 valence electrons. The first-order valence-electron chi connectivity index (χ1n) is 6.73. The van der Waals surface area contributed by atoms with Gasteiger partial charge in [-0.1, -0.05) is 11.6 Å². The van der Waals surface area contributed by atoms with E-state index in [2.05, 4.69) is 15.6 Å². The van der Waals surface area contributed by atoms with Crippen molar-refractivity contribution < 1.29 is 4.74 Å². The van der Waals surface area contributed by atoms with Gasteiger partial charge in [0, 0.05) is 24.7 Å². The van der Waals surface area contributed by atoms with Crippen LogP contribution in [0.4, 0.5) is 0 Å². The van der Waals surface area contributed by atoms with Gasteiger partial charge in [-0.2, -0.15) is 0 Å². The van der Waals surface area contributed by atoms with Gasteiger partial charge in [-0.15, -0.1) is 24.0 Å². The second kappa shape index (κ2) is 9.28. The maximum Gasteiger partial charge on any atom is 0.191 e. The van der Waals surface area contributed by atoms with Gasteiger partial charge in [0.2, 0.25) is 0 Å². The molecule has 0 spiro atoms. The smallest absolute Gasteiger partial charge is 0.191 e. The molecule has 0 aliphatic carbocycles. The number of aliphatic imine (C=N–C) groups is 1. The van der Waals surface area contributed by atoms with Crippen molar-refractivity contribution >= 4 is 41.5 Å². The average molecular weight is 410 g/mol. The third-order valence-corrected chi connectivity index (χ3v) is 3.14. The van der Waals surface area contributed by atoms with E-state index in [1.165, 1.54) is 0 Å². The van der Waals surface area contributed by atoms with Gasteiger partial charge in [0.05, 0.1) is 6.61 Å². The van der Waals surface area contributed by atoms with Crippen LogP contribution in [0.25, 0.3) is 0 Å². The molecule has 4 nitrogen and oxygen atoms in total. The SMILES string of the molecule is CCOc1ccc(Cl)cc1CCNC1=NCCCN1.I. The second-order valence-corrected chi connectivity index (χ2v) is 4.81. The zero-order valence-corrected chi connectivity index (χ0v) is 14.7. The Labute approximate surface area is 142 Å². The van der Waals surface area contributed by atoms with Crippen molar-refractivity contribution in [2.75, 3.05) is 26.2 Å². The Balaban J connectivity index is 0.00000200. The van der Waals surface area contributed by atoms with Crippen LogP contribution in [0.2, 0.25) is 5.02 Å². The number of hydrogen-bond donors (Lipinski definition) is 2. The molecule has 0 aromatic heterocycles. The lowest BCUT2D eigenvalue weighted by atomic mass is 10.1. The number of nitrogens with zero attached hydrogens (tertiary/aromatic N) is 1. The molecule has 1 aromatic carbocycles. The third-order valence-electron chi connectivity index (χ3n) is 2.91. The summed E-state index contributed by atoms with van der Waals surface area (Å²) in [5, 5.41) is 7.28. The average Bonchev–Trinajstić information content (AvgIpc) is 2.43. The molecule has 0 unspecified atom stereocenters. The molecule has 6 heteroatoms. The fraction of sp³-hybridized carbons (Fsp3) is 0.500. The molecule has 2 rings (SSSR count). The van der Waals surface area contributed by atoms with Crippen molar-refractivity contribution in [1.29, 1.82) is 0 Å². The molecule has 1 aliphatic heterocycles. The Bertz CT molecular complexity index is 454. The molecular weight excluding hydrogens is 389 g/mol. The van der Waals surface area contributed by atoms with Gasteiger partial charge >= 0.3 is 0 Å². The maximum absolute atomic E-state index is 6.03. The highest BCUT2D eigenvalue weighted by Gasteiger charge is 2.06. The van der Waals surface area contributed by atoms with E-state index >= 15 is 0 Å². The van der Waals surface area contributed by atoms with Gasteiger partial charge in [-0.25, -0.2) is 0 Å². The molecular formula is C14H21ClIN3O. The van der Waals surface area contributed by atoms with Crippen molar-refractivity contribution in [3.63, 3.8) is 0 Å². The highest BCUT2D eigenvalue weighted by molar-refractivity contribution is 14.0. The van der Waals surface area contributed by atoms with E-state index in [1.54, 1.807) is 0 Å². The van der Waals surface area contributed by atoms with Crippen LogP contribution in [0.5, 0.6) is 5.75 Å². The summed E-state index contributed by atoms with van der Waals surface area (Å²) >= 11 is 6.03. The molecule has 0 amide bonds. The summed E-state index contributed by atoms with van der Waals surface area (Å²) < 4.78 is 5.60. The van der Waals surface area contributed by atoms with Crippen LogP contribution in [0.15, 0.2) is 23.2 Å². The van der Waals surface area contributed by atoms with Gasteiger partial charge in [0.1, 0.15) is 5.75 Å². The highest BCUT2D eigenvalue weighted by atomic mass is 127. The van der Waals surface area contributed by atoms with Crippen LogP contribution in [0.1, 0.15) is 18.9 Å². The summed E-state index contributed by atoms with van der Waals surface area (Å²) in [6.45, 7) is 5.35. The van der Waals surface area contributed by atoms with Gasteiger partial charge in [0.25, 0.3) is 0 Å². The van der Waals surface area contributed by atoms with Crippen LogP contribution in [0, 0.1) is 0 Å². The van der Waals surface area contributed by atoms with Crippen molar-refractivity contribution in [3.8, 4) is 5.75 Å². The zero-order chi connectivity index (χ0) is 13.5. The standard InChI is InChI=1S/C14H20ClN3O.HI/c1-2-19-13-5-4-12(15)10-11(13)6-9-18-14-16-7-3-8-17-14;/h4-5,10H,2-3,6-9H2,1H3,(H2,16,17,18);1H. The van der Waals surface area contributed by atoms with Gasteiger partial charge in [-0.3, -0.25) is 4.99 Å². The fourth-order valence-corrected chi connectivity index (χ4v) is 2.20. The van der Waals surface area contributed by atoms with E-state index in [0.717, 1.165) is 54.8 Å². The van der Waals surface area contributed by atoms with E-state index in [-0.39, 0.29) is 24.0 Å². The number of rotatable bonds is 5. The molecule has 0 radical (unpaired) electrons. The second-order valence-electron chi connectivity index (χ2n) is 4.37. The number of guanidine groups is 1. The molecule has 1 aliphatic rings. The van der Waals surface area contributed by atoms with Crippen molar-refractivity contribution in [3.05, 3.63) is 28.8 Å².